The molecule has 0 unspecified atom stereocenters. The molecule has 0 spiro atoms. The van der Waals surface area contributed by atoms with Gasteiger partial charge in [0.1, 0.15) is 6.04 Å². The molecule has 26 heavy (non-hydrogen) atoms. The molecule has 3 atom stereocenters. The van der Waals surface area contributed by atoms with Gasteiger partial charge in [0, 0.05) is 18.1 Å². The molecule has 2 aromatic rings. The summed E-state index contributed by atoms with van der Waals surface area (Å²) in [6.07, 6.45) is 1.00. The van der Waals surface area contributed by atoms with Gasteiger partial charge in [0.2, 0.25) is 5.91 Å². The zero-order chi connectivity index (χ0) is 17.8. The molecule has 132 valence electrons. The van der Waals surface area contributed by atoms with Gasteiger partial charge < -0.3 is 0 Å². The highest BCUT2D eigenvalue weighted by Crippen LogP contribution is 2.48. The first-order valence-corrected chi connectivity index (χ1v) is 9.26. The lowest BCUT2D eigenvalue weighted by molar-refractivity contribution is -0.126. The van der Waals surface area contributed by atoms with Gasteiger partial charge in [-0.25, -0.2) is 14.9 Å². The number of carbonyl (C=O) groups excluding carboxylic acids is 2. The minimum atomic E-state index is -0.411. The van der Waals surface area contributed by atoms with Crippen LogP contribution in [0.2, 0.25) is 5.02 Å². The molecule has 6 heteroatoms. The number of rotatable bonds is 2. The molecule has 3 fully saturated rings. The van der Waals surface area contributed by atoms with Crippen LogP contribution in [-0.4, -0.2) is 41.0 Å². The first-order valence-electron chi connectivity index (χ1n) is 8.88. The van der Waals surface area contributed by atoms with Crippen LogP contribution in [0.15, 0.2) is 54.6 Å². The number of para-hydroxylation sites is 1. The smallest absolute Gasteiger partial charge is 0.253 e. The van der Waals surface area contributed by atoms with Crippen molar-refractivity contribution < 1.29 is 9.59 Å². The second-order valence-corrected chi connectivity index (χ2v) is 7.43. The van der Waals surface area contributed by atoms with Gasteiger partial charge in [-0.3, -0.25) is 9.59 Å². The first kappa shape index (κ1) is 16.0. The van der Waals surface area contributed by atoms with E-state index < -0.39 is 6.04 Å². The lowest BCUT2D eigenvalue weighted by atomic mass is 9.90. The third-order valence-corrected chi connectivity index (χ3v) is 5.88. The van der Waals surface area contributed by atoms with Crippen LogP contribution < -0.4 is 4.90 Å². The maximum absolute atomic E-state index is 13.3. The molecular weight excluding hydrogens is 350 g/mol. The van der Waals surface area contributed by atoms with E-state index in [0.29, 0.717) is 10.7 Å². The Morgan fingerprint density at radius 3 is 2.15 bits per heavy atom. The standard InChI is InChI=1S/C20H18ClN3O2/c21-14-9-7-13(8-10-14)17-16-18(23-12-4-11-22(17)23)20(26)24(19(16)25)15-5-2-1-3-6-15/h1-3,5-10,16-18H,4,11-12H2/t16-,17+,18-/m0/s1. The third-order valence-electron chi connectivity index (χ3n) is 5.63. The van der Waals surface area contributed by atoms with Gasteiger partial charge in [-0.1, -0.05) is 41.9 Å². The Morgan fingerprint density at radius 1 is 0.808 bits per heavy atom. The third kappa shape index (κ3) is 2.18. The molecule has 5 rings (SSSR count). The highest BCUT2D eigenvalue weighted by molar-refractivity contribution is 6.30. The van der Waals surface area contributed by atoms with Gasteiger partial charge in [0.15, 0.2) is 0 Å². The molecule has 3 saturated heterocycles. The van der Waals surface area contributed by atoms with Crippen LogP contribution in [0.1, 0.15) is 18.0 Å². The zero-order valence-electron chi connectivity index (χ0n) is 14.1. The maximum atomic E-state index is 13.3. The topological polar surface area (TPSA) is 43.9 Å². The van der Waals surface area contributed by atoms with Crippen LogP contribution in [0.5, 0.6) is 0 Å². The fraction of sp³-hybridized carbons (Fsp3) is 0.300. The summed E-state index contributed by atoms with van der Waals surface area (Å²) in [4.78, 5) is 27.9. The van der Waals surface area contributed by atoms with Gasteiger partial charge in [-0.15, -0.1) is 0 Å². The van der Waals surface area contributed by atoms with Crippen molar-refractivity contribution in [3.05, 3.63) is 65.2 Å². The van der Waals surface area contributed by atoms with E-state index in [0.717, 1.165) is 25.1 Å². The van der Waals surface area contributed by atoms with Crippen molar-refractivity contribution >= 4 is 29.1 Å². The van der Waals surface area contributed by atoms with Crippen molar-refractivity contribution in [1.29, 1.82) is 0 Å². The summed E-state index contributed by atoms with van der Waals surface area (Å²) in [5.41, 5.74) is 1.68. The number of fused-ring (bicyclic) bond motifs is 3. The average molecular weight is 368 g/mol. The minimum Gasteiger partial charge on any atom is -0.274 e. The molecule has 2 aromatic carbocycles. The second kappa shape index (κ2) is 5.91. The van der Waals surface area contributed by atoms with Crippen LogP contribution in [0, 0.1) is 5.92 Å². The largest absolute Gasteiger partial charge is 0.274 e. The average Bonchev–Trinajstić information content (AvgIpc) is 3.29. The number of halogens is 1. The van der Waals surface area contributed by atoms with Crippen molar-refractivity contribution in [1.82, 2.24) is 10.0 Å². The molecule has 2 amide bonds. The fourth-order valence-electron chi connectivity index (χ4n) is 4.60. The molecule has 3 aliphatic rings. The maximum Gasteiger partial charge on any atom is 0.253 e. The SMILES string of the molecule is O=C1[C@@H]2[C@@H](C(=O)N1c1ccccc1)N1CCCN1[C@@H]2c1ccc(Cl)cc1. The molecule has 0 N–H and O–H groups in total. The molecule has 3 aliphatic heterocycles. The Kier molecular flexibility index (Phi) is 3.64. The predicted octanol–water partition coefficient (Wildman–Crippen LogP) is 2.88. The summed E-state index contributed by atoms with van der Waals surface area (Å²) in [7, 11) is 0. The minimum absolute atomic E-state index is 0.111. The van der Waals surface area contributed by atoms with Crippen LogP contribution in [0.3, 0.4) is 0 Å². The van der Waals surface area contributed by atoms with E-state index in [1.54, 1.807) is 0 Å². The molecule has 0 saturated carbocycles. The summed E-state index contributed by atoms with van der Waals surface area (Å²) < 4.78 is 0. The van der Waals surface area contributed by atoms with Crippen molar-refractivity contribution in [2.75, 3.05) is 18.0 Å². The van der Waals surface area contributed by atoms with Crippen molar-refractivity contribution in [3.63, 3.8) is 0 Å². The molecule has 0 aromatic heterocycles. The van der Waals surface area contributed by atoms with E-state index in [1.807, 2.05) is 54.6 Å². The lowest BCUT2D eigenvalue weighted by Gasteiger charge is -2.29. The van der Waals surface area contributed by atoms with E-state index in [-0.39, 0.29) is 23.8 Å². The fourth-order valence-corrected chi connectivity index (χ4v) is 4.73. The van der Waals surface area contributed by atoms with Crippen LogP contribution in [0.25, 0.3) is 0 Å². The summed E-state index contributed by atoms with van der Waals surface area (Å²) in [6, 6.07) is 16.3. The van der Waals surface area contributed by atoms with E-state index >= 15 is 0 Å². The predicted molar refractivity (Wildman–Crippen MR) is 98.4 cm³/mol. The molecule has 0 aliphatic carbocycles. The Labute approximate surface area is 156 Å². The van der Waals surface area contributed by atoms with Gasteiger partial charge >= 0.3 is 0 Å². The second-order valence-electron chi connectivity index (χ2n) is 6.99. The van der Waals surface area contributed by atoms with Crippen molar-refractivity contribution in [2.45, 2.75) is 18.5 Å². The summed E-state index contributed by atoms with van der Waals surface area (Å²) in [6.45, 7) is 1.68. The van der Waals surface area contributed by atoms with Crippen LogP contribution in [-0.2, 0) is 9.59 Å². The van der Waals surface area contributed by atoms with Crippen molar-refractivity contribution in [2.24, 2.45) is 5.92 Å². The van der Waals surface area contributed by atoms with Gasteiger partial charge in [0.05, 0.1) is 17.6 Å². The zero-order valence-corrected chi connectivity index (χ0v) is 14.8. The Morgan fingerprint density at radius 2 is 1.46 bits per heavy atom. The number of benzene rings is 2. The summed E-state index contributed by atoms with van der Waals surface area (Å²) in [5.74, 6) is -0.612. The number of hydrogen-bond donors (Lipinski definition) is 0. The summed E-state index contributed by atoms with van der Waals surface area (Å²) >= 11 is 6.04. The molecule has 5 nitrogen and oxygen atoms in total. The lowest BCUT2D eigenvalue weighted by Crippen LogP contribution is -2.44. The number of imide groups is 1. The quantitative estimate of drug-likeness (QED) is 0.766. The molecule has 3 heterocycles. The van der Waals surface area contributed by atoms with Crippen LogP contribution >= 0.6 is 11.6 Å². The van der Waals surface area contributed by atoms with Crippen molar-refractivity contribution in [3.8, 4) is 0 Å². The number of hydrogen-bond acceptors (Lipinski definition) is 4. The van der Waals surface area contributed by atoms with E-state index in [1.165, 1.54) is 4.90 Å². The first-order chi connectivity index (χ1) is 12.7. The normalized spacial score (nSPS) is 28.7. The van der Waals surface area contributed by atoms with E-state index in [9.17, 15) is 9.59 Å². The number of nitrogens with zero attached hydrogens (tertiary/aromatic N) is 3. The summed E-state index contributed by atoms with van der Waals surface area (Å²) in [5, 5.41) is 4.98. The number of anilines is 1. The van der Waals surface area contributed by atoms with E-state index in [2.05, 4.69) is 10.0 Å². The number of carbonyl (C=O) groups is 2. The molecular formula is C20H18ClN3O2. The molecule has 0 bridgehead atoms. The van der Waals surface area contributed by atoms with E-state index in [4.69, 9.17) is 11.6 Å². The molecule has 0 radical (unpaired) electrons. The highest BCUT2D eigenvalue weighted by atomic mass is 35.5. The highest BCUT2D eigenvalue weighted by Gasteiger charge is 2.62. The van der Waals surface area contributed by atoms with Gasteiger partial charge in [0.25, 0.3) is 5.91 Å². The monoisotopic (exact) mass is 367 g/mol. The Balaban J connectivity index is 1.59. The van der Waals surface area contributed by atoms with Crippen LogP contribution in [0.4, 0.5) is 5.69 Å². The van der Waals surface area contributed by atoms with Gasteiger partial charge in [-0.2, -0.15) is 0 Å². The Bertz CT molecular complexity index is 870. The number of hydrazine groups is 1. The number of amides is 2. The Hall–Kier alpha value is -2.21. The van der Waals surface area contributed by atoms with Gasteiger partial charge in [-0.05, 0) is 36.2 Å².